The van der Waals surface area contributed by atoms with Crippen molar-refractivity contribution in [2.75, 3.05) is 0 Å². The van der Waals surface area contributed by atoms with Crippen molar-refractivity contribution >= 4 is 0 Å². The maximum absolute atomic E-state index is 1.67. The van der Waals surface area contributed by atoms with E-state index in [1.165, 1.54) is 65.1 Å². The van der Waals surface area contributed by atoms with Crippen LogP contribution in [0.2, 0.25) is 0 Å². The van der Waals surface area contributed by atoms with Crippen LogP contribution in [0, 0.1) is 71.0 Å². The predicted molar refractivity (Wildman–Crippen MR) is 107 cm³/mol. The molecule has 0 saturated heterocycles. The largest absolute Gasteiger partial charge is 0.0530 e. The van der Waals surface area contributed by atoms with Crippen molar-refractivity contribution in [3.63, 3.8) is 0 Å². The van der Waals surface area contributed by atoms with Crippen molar-refractivity contribution in [2.24, 2.45) is 71.0 Å². The highest BCUT2D eigenvalue weighted by Crippen LogP contribution is 2.71. The molecule has 0 bridgehead atoms. The Hall–Kier alpha value is 0. The van der Waals surface area contributed by atoms with E-state index < -0.39 is 0 Å². The Morgan fingerprint density at radius 2 is 0.654 bits per heavy atom. The lowest BCUT2D eigenvalue weighted by atomic mass is 9.41. The van der Waals surface area contributed by atoms with Crippen molar-refractivity contribution < 1.29 is 0 Å². The molecule has 7 aliphatic rings. The Morgan fingerprint density at radius 1 is 0.269 bits per heavy atom. The van der Waals surface area contributed by atoms with E-state index in [1.807, 2.05) is 0 Å². The Morgan fingerprint density at radius 3 is 1.15 bits per heavy atom. The maximum Gasteiger partial charge on any atom is -0.0318 e. The molecule has 0 spiro atoms. The van der Waals surface area contributed by atoms with E-state index in [4.69, 9.17) is 0 Å². The molecule has 0 amide bonds. The van der Waals surface area contributed by atoms with Gasteiger partial charge in [0.25, 0.3) is 0 Å². The lowest BCUT2D eigenvalue weighted by molar-refractivity contribution is -0.155. The topological polar surface area (TPSA) is 0 Å². The Labute approximate surface area is 161 Å². The summed E-state index contributed by atoms with van der Waals surface area (Å²) in [5.74, 6) is 14.3. The molecule has 7 aliphatic carbocycles. The van der Waals surface area contributed by atoms with Gasteiger partial charge < -0.3 is 0 Å². The quantitative estimate of drug-likeness (QED) is 0.443. The van der Waals surface area contributed by atoms with Gasteiger partial charge in [-0.15, -0.1) is 0 Å². The third-order valence-electron chi connectivity index (χ3n) is 11.9. The molecular formula is C26H40. The second-order valence-electron chi connectivity index (χ2n) is 12.1. The third-order valence-corrected chi connectivity index (χ3v) is 11.9. The summed E-state index contributed by atoms with van der Waals surface area (Å²) in [5.41, 5.74) is 0. The van der Waals surface area contributed by atoms with Gasteiger partial charge in [-0.1, -0.05) is 38.5 Å². The molecular weight excluding hydrogens is 312 g/mol. The maximum atomic E-state index is 1.67. The fourth-order valence-electron chi connectivity index (χ4n) is 11.7. The van der Waals surface area contributed by atoms with E-state index >= 15 is 0 Å². The first-order valence-corrected chi connectivity index (χ1v) is 12.9. The lowest BCUT2D eigenvalue weighted by Gasteiger charge is -2.64. The zero-order chi connectivity index (χ0) is 16.8. The van der Waals surface area contributed by atoms with Gasteiger partial charge >= 0.3 is 0 Å². The first-order valence-electron chi connectivity index (χ1n) is 12.9. The van der Waals surface area contributed by atoms with Gasteiger partial charge in [-0.2, -0.15) is 0 Å². The molecule has 0 heterocycles. The summed E-state index contributed by atoms with van der Waals surface area (Å²) >= 11 is 0. The molecule has 0 aromatic carbocycles. The SMILES string of the molecule is C1CCC2C(C1)C1CCC3C4CCCC5CCCC(C6CCC2C1C36)C54. The zero-order valence-electron chi connectivity index (χ0n) is 16.8. The van der Waals surface area contributed by atoms with Crippen LogP contribution in [0.15, 0.2) is 0 Å². The van der Waals surface area contributed by atoms with Gasteiger partial charge in [0.15, 0.2) is 0 Å². The Bertz CT molecular complexity index is 518. The molecule has 0 N–H and O–H groups in total. The minimum Gasteiger partial charge on any atom is -0.0530 e. The highest BCUT2D eigenvalue weighted by Gasteiger charge is 2.64. The van der Waals surface area contributed by atoms with Crippen molar-refractivity contribution in [1.29, 1.82) is 0 Å². The second kappa shape index (κ2) is 5.76. The highest BCUT2D eigenvalue weighted by molar-refractivity contribution is 5.13. The molecule has 0 heteroatoms. The van der Waals surface area contributed by atoms with Crippen molar-refractivity contribution in [3.8, 4) is 0 Å². The number of fused-ring (bicyclic) bond motifs is 5. The summed E-state index contributed by atoms with van der Waals surface area (Å²) in [6.07, 6.45) is 22.7. The van der Waals surface area contributed by atoms with Crippen LogP contribution < -0.4 is 0 Å². The smallest absolute Gasteiger partial charge is 0.0318 e. The predicted octanol–water partition coefficient (Wildman–Crippen LogP) is 6.94. The normalized spacial score (nSPS) is 62.8. The molecule has 8 unspecified atom stereocenters. The van der Waals surface area contributed by atoms with Gasteiger partial charge in [0.2, 0.25) is 0 Å². The lowest BCUT2D eigenvalue weighted by Crippen LogP contribution is -2.57. The Balaban J connectivity index is 1.29. The van der Waals surface area contributed by atoms with E-state index in [2.05, 4.69) is 0 Å². The first-order chi connectivity index (χ1) is 12.9. The summed E-state index contributed by atoms with van der Waals surface area (Å²) in [7, 11) is 0. The fourth-order valence-corrected chi connectivity index (χ4v) is 11.7. The molecule has 144 valence electrons. The second-order valence-corrected chi connectivity index (χ2v) is 12.1. The molecule has 7 rings (SSSR count). The zero-order valence-corrected chi connectivity index (χ0v) is 16.8. The number of hydrogen-bond acceptors (Lipinski definition) is 0. The molecule has 7 saturated carbocycles. The van der Waals surface area contributed by atoms with Crippen LogP contribution in [0.3, 0.4) is 0 Å². The summed E-state index contributed by atoms with van der Waals surface area (Å²) in [6, 6.07) is 0. The van der Waals surface area contributed by atoms with Gasteiger partial charge in [-0.3, -0.25) is 0 Å². The standard InChI is InChI=1S/C26H40/c1-2-8-17-16(7-1)20-11-13-22-18-9-3-5-15-6-4-10-19(24(15)18)23-14-12-21(17)25(20)26(22)23/h15-26H,1-14H2. The summed E-state index contributed by atoms with van der Waals surface area (Å²) in [6.45, 7) is 0. The van der Waals surface area contributed by atoms with Crippen LogP contribution in [-0.4, -0.2) is 0 Å². The van der Waals surface area contributed by atoms with E-state index in [9.17, 15) is 0 Å². The number of rotatable bonds is 0. The molecule has 0 aromatic rings. The molecule has 7 fully saturated rings. The van der Waals surface area contributed by atoms with E-state index in [0.29, 0.717) is 0 Å². The van der Waals surface area contributed by atoms with Crippen molar-refractivity contribution in [2.45, 2.75) is 89.9 Å². The third kappa shape index (κ3) is 1.94. The van der Waals surface area contributed by atoms with Gasteiger partial charge in [-0.05, 0) is 122 Å². The van der Waals surface area contributed by atoms with Crippen LogP contribution in [0.25, 0.3) is 0 Å². The molecule has 26 heavy (non-hydrogen) atoms. The average molecular weight is 353 g/mol. The molecule has 0 radical (unpaired) electrons. The van der Waals surface area contributed by atoms with E-state index in [0.717, 1.165) is 5.92 Å². The summed E-state index contributed by atoms with van der Waals surface area (Å²) < 4.78 is 0. The van der Waals surface area contributed by atoms with Crippen LogP contribution in [0.5, 0.6) is 0 Å². The van der Waals surface area contributed by atoms with E-state index in [1.54, 1.807) is 89.9 Å². The molecule has 0 aromatic heterocycles. The van der Waals surface area contributed by atoms with Crippen LogP contribution in [-0.2, 0) is 0 Å². The molecule has 8 atom stereocenters. The van der Waals surface area contributed by atoms with E-state index in [-0.39, 0.29) is 0 Å². The first kappa shape index (κ1) is 15.9. The fraction of sp³-hybridized carbons (Fsp3) is 1.00. The summed E-state index contributed by atoms with van der Waals surface area (Å²) in [5, 5.41) is 0. The van der Waals surface area contributed by atoms with Crippen LogP contribution >= 0.6 is 0 Å². The van der Waals surface area contributed by atoms with Crippen molar-refractivity contribution in [1.82, 2.24) is 0 Å². The molecule has 0 aliphatic heterocycles. The summed E-state index contributed by atoms with van der Waals surface area (Å²) in [4.78, 5) is 0. The molecule has 0 nitrogen and oxygen atoms in total. The average Bonchev–Trinajstić information content (AvgIpc) is 3.04. The van der Waals surface area contributed by atoms with Gasteiger partial charge in [0.1, 0.15) is 0 Å². The van der Waals surface area contributed by atoms with Crippen molar-refractivity contribution in [3.05, 3.63) is 0 Å². The van der Waals surface area contributed by atoms with Crippen LogP contribution in [0.1, 0.15) is 89.9 Å². The minimum absolute atomic E-state index is 1.16. The number of hydrogen-bond donors (Lipinski definition) is 0. The minimum atomic E-state index is 1.16. The van der Waals surface area contributed by atoms with Gasteiger partial charge in [0.05, 0.1) is 0 Å². The van der Waals surface area contributed by atoms with Gasteiger partial charge in [-0.25, -0.2) is 0 Å². The van der Waals surface area contributed by atoms with Crippen LogP contribution in [0.4, 0.5) is 0 Å². The monoisotopic (exact) mass is 352 g/mol. The van der Waals surface area contributed by atoms with Gasteiger partial charge in [0, 0.05) is 0 Å². The Kier molecular flexibility index (Phi) is 3.52. The highest BCUT2D eigenvalue weighted by atomic mass is 14.7.